The molecular formula is C18H17BrClF2N3O. The molecule has 2 heterocycles. The summed E-state index contributed by atoms with van der Waals surface area (Å²) in [4.78, 5) is 18.5. The SMILES string of the molecule is O=C(NC1CCN(Cc2ccc(F)c(F)c2)CC1)c1cc(Br)cnc1Cl. The number of nitrogens with zero attached hydrogens (tertiary/aromatic N) is 2. The summed E-state index contributed by atoms with van der Waals surface area (Å²) < 4.78 is 27.0. The van der Waals surface area contributed by atoms with E-state index in [0.717, 1.165) is 37.6 Å². The fraction of sp³-hybridized carbons (Fsp3) is 0.333. The molecule has 1 aromatic carbocycles. The Hall–Kier alpha value is -1.57. The third-order valence-corrected chi connectivity index (χ3v) is 5.10. The van der Waals surface area contributed by atoms with E-state index in [9.17, 15) is 13.6 Å². The molecule has 1 aromatic heterocycles. The predicted octanol–water partition coefficient (Wildman–Crippen LogP) is 4.17. The first-order valence-corrected chi connectivity index (χ1v) is 9.37. The zero-order chi connectivity index (χ0) is 18.7. The van der Waals surface area contributed by atoms with Crippen molar-refractivity contribution >= 4 is 33.4 Å². The number of halogens is 4. The fourth-order valence-electron chi connectivity index (χ4n) is 2.98. The second-order valence-electron chi connectivity index (χ2n) is 6.26. The molecule has 1 aliphatic heterocycles. The van der Waals surface area contributed by atoms with Crippen LogP contribution in [0.5, 0.6) is 0 Å². The normalized spacial score (nSPS) is 15.8. The third kappa shape index (κ3) is 4.78. The lowest BCUT2D eigenvalue weighted by Gasteiger charge is -2.32. The molecule has 1 amide bonds. The molecule has 2 aromatic rings. The Balaban J connectivity index is 1.52. The van der Waals surface area contributed by atoms with Gasteiger partial charge in [0.25, 0.3) is 5.91 Å². The van der Waals surface area contributed by atoms with E-state index in [4.69, 9.17) is 11.6 Å². The number of nitrogens with one attached hydrogen (secondary N) is 1. The Labute approximate surface area is 163 Å². The maximum atomic E-state index is 13.3. The average molecular weight is 445 g/mol. The quantitative estimate of drug-likeness (QED) is 0.720. The van der Waals surface area contributed by atoms with Gasteiger partial charge in [0.15, 0.2) is 11.6 Å². The maximum absolute atomic E-state index is 13.3. The summed E-state index contributed by atoms with van der Waals surface area (Å²) in [6.07, 6.45) is 3.08. The number of likely N-dealkylation sites (tertiary alicyclic amines) is 1. The number of hydrogen-bond donors (Lipinski definition) is 1. The first kappa shape index (κ1) is 19.2. The minimum absolute atomic E-state index is 0.0405. The highest BCUT2D eigenvalue weighted by molar-refractivity contribution is 9.10. The van der Waals surface area contributed by atoms with E-state index < -0.39 is 11.6 Å². The van der Waals surface area contributed by atoms with Crippen LogP contribution in [0.3, 0.4) is 0 Å². The summed E-state index contributed by atoms with van der Waals surface area (Å²) in [6.45, 7) is 2.07. The topological polar surface area (TPSA) is 45.2 Å². The Morgan fingerprint density at radius 2 is 2.00 bits per heavy atom. The van der Waals surface area contributed by atoms with Crippen molar-refractivity contribution < 1.29 is 13.6 Å². The number of hydrogen-bond acceptors (Lipinski definition) is 3. The molecule has 26 heavy (non-hydrogen) atoms. The van der Waals surface area contributed by atoms with E-state index in [-0.39, 0.29) is 17.1 Å². The summed E-state index contributed by atoms with van der Waals surface area (Å²) in [7, 11) is 0. The number of aromatic nitrogens is 1. The molecule has 0 atom stereocenters. The number of carbonyl (C=O) groups is 1. The monoisotopic (exact) mass is 443 g/mol. The summed E-state index contributed by atoms with van der Waals surface area (Å²) >= 11 is 9.27. The smallest absolute Gasteiger partial charge is 0.254 e. The number of amides is 1. The molecule has 0 aliphatic carbocycles. The van der Waals surface area contributed by atoms with Crippen LogP contribution in [-0.2, 0) is 6.54 Å². The van der Waals surface area contributed by atoms with Gasteiger partial charge in [0.05, 0.1) is 5.56 Å². The summed E-state index contributed by atoms with van der Waals surface area (Å²) in [5, 5.41) is 3.15. The van der Waals surface area contributed by atoms with Crippen molar-refractivity contribution in [2.45, 2.75) is 25.4 Å². The van der Waals surface area contributed by atoms with Gasteiger partial charge in [0, 0.05) is 36.3 Å². The van der Waals surface area contributed by atoms with Gasteiger partial charge in [0.1, 0.15) is 5.15 Å². The molecular weight excluding hydrogens is 428 g/mol. The predicted molar refractivity (Wildman–Crippen MR) is 99.1 cm³/mol. The Bertz CT molecular complexity index is 813. The van der Waals surface area contributed by atoms with Gasteiger partial charge < -0.3 is 5.32 Å². The number of piperidine rings is 1. The zero-order valence-corrected chi connectivity index (χ0v) is 16.2. The van der Waals surface area contributed by atoms with Crippen LogP contribution >= 0.6 is 27.5 Å². The van der Waals surface area contributed by atoms with Crippen molar-refractivity contribution in [3.63, 3.8) is 0 Å². The maximum Gasteiger partial charge on any atom is 0.254 e. The van der Waals surface area contributed by atoms with Gasteiger partial charge in [-0.1, -0.05) is 17.7 Å². The number of benzene rings is 1. The molecule has 1 aliphatic rings. The van der Waals surface area contributed by atoms with E-state index in [2.05, 4.69) is 31.1 Å². The zero-order valence-electron chi connectivity index (χ0n) is 13.8. The highest BCUT2D eigenvalue weighted by Gasteiger charge is 2.22. The molecule has 0 spiro atoms. The first-order valence-electron chi connectivity index (χ1n) is 8.20. The minimum Gasteiger partial charge on any atom is -0.349 e. The van der Waals surface area contributed by atoms with Crippen LogP contribution in [0.4, 0.5) is 8.78 Å². The molecule has 0 saturated carbocycles. The lowest BCUT2D eigenvalue weighted by atomic mass is 10.0. The summed E-state index contributed by atoms with van der Waals surface area (Å²) in [5.74, 6) is -1.91. The van der Waals surface area contributed by atoms with Gasteiger partial charge in [0.2, 0.25) is 0 Å². The largest absolute Gasteiger partial charge is 0.349 e. The fourth-order valence-corrected chi connectivity index (χ4v) is 3.50. The van der Waals surface area contributed by atoms with Gasteiger partial charge in [-0.2, -0.15) is 0 Å². The third-order valence-electron chi connectivity index (χ3n) is 4.36. The van der Waals surface area contributed by atoms with Crippen LogP contribution in [0, 0.1) is 11.6 Å². The van der Waals surface area contributed by atoms with Crippen molar-refractivity contribution in [3.8, 4) is 0 Å². The summed E-state index contributed by atoms with van der Waals surface area (Å²) in [6, 6.07) is 5.65. The van der Waals surface area contributed by atoms with Gasteiger partial charge in [-0.05, 0) is 52.5 Å². The van der Waals surface area contributed by atoms with Crippen LogP contribution in [0.1, 0.15) is 28.8 Å². The van der Waals surface area contributed by atoms with Gasteiger partial charge in [-0.3, -0.25) is 9.69 Å². The van der Waals surface area contributed by atoms with Crippen molar-refractivity contribution in [2.24, 2.45) is 0 Å². The van der Waals surface area contributed by atoms with Crippen molar-refractivity contribution in [3.05, 3.63) is 62.8 Å². The highest BCUT2D eigenvalue weighted by Crippen LogP contribution is 2.20. The first-order chi connectivity index (χ1) is 12.4. The minimum atomic E-state index is -0.837. The lowest BCUT2D eigenvalue weighted by Crippen LogP contribution is -2.44. The van der Waals surface area contributed by atoms with Gasteiger partial charge >= 0.3 is 0 Å². The lowest BCUT2D eigenvalue weighted by molar-refractivity contribution is 0.0908. The molecule has 3 rings (SSSR count). The molecule has 0 unspecified atom stereocenters. The number of pyridine rings is 1. The van der Waals surface area contributed by atoms with Crippen molar-refractivity contribution in [2.75, 3.05) is 13.1 Å². The van der Waals surface area contributed by atoms with E-state index in [1.54, 1.807) is 12.1 Å². The van der Waals surface area contributed by atoms with E-state index >= 15 is 0 Å². The molecule has 8 heteroatoms. The molecule has 1 N–H and O–H groups in total. The van der Waals surface area contributed by atoms with Gasteiger partial charge in [-0.15, -0.1) is 0 Å². The Morgan fingerprint density at radius 1 is 1.27 bits per heavy atom. The van der Waals surface area contributed by atoms with E-state index in [1.807, 2.05) is 0 Å². The van der Waals surface area contributed by atoms with E-state index in [0.29, 0.717) is 16.6 Å². The molecule has 0 bridgehead atoms. The van der Waals surface area contributed by atoms with Crippen LogP contribution in [0.2, 0.25) is 5.15 Å². The van der Waals surface area contributed by atoms with E-state index in [1.165, 1.54) is 12.3 Å². The Kier molecular flexibility index (Phi) is 6.21. The van der Waals surface area contributed by atoms with Crippen molar-refractivity contribution in [1.82, 2.24) is 15.2 Å². The van der Waals surface area contributed by atoms with Crippen LogP contribution < -0.4 is 5.32 Å². The second-order valence-corrected chi connectivity index (χ2v) is 7.54. The number of rotatable bonds is 4. The number of carbonyl (C=O) groups excluding carboxylic acids is 1. The van der Waals surface area contributed by atoms with Crippen LogP contribution in [0.25, 0.3) is 0 Å². The molecule has 1 saturated heterocycles. The molecule has 4 nitrogen and oxygen atoms in total. The highest BCUT2D eigenvalue weighted by atomic mass is 79.9. The van der Waals surface area contributed by atoms with Crippen LogP contribution in [-0.4, -0.2) is 34.9 Å². The van der Waals surface area contributed by atoms with Crippen molar-refractivity contribution in [1.29, 1.82) is 0 Å². The standard InChI is InChI=1S/C18H17BrClF2N3O/c19-12-8-14(17(20)23-9-12)18(26)24-13-3-5-25(6-4-13)10-11-1-2-15(21)16(22)7-11/h1-2,7-9,13H,3-6,10H2,(H,24,26). The Morgan fingerprint density at radius 3 is 2.69 bits per heavy atom. The summed E-state index contributed by atoms with van der Waals surface area (Å²) in [5.41, 5.74) is 1.07. The van der Waals surface area contributed by atoms with Crippen LogP contribution in [0.15, 0.2) is 34.9 Å². The van der Waals surface area contributed by atoms with Gasteiger partial charge in [-0.25, -0.2) is 13.8 Å². The molecule has 1 fully saturated rings. The molecule has 0 radical (unpaired) electrons. The average Bonchev–Trinajstić information content (AvgIpc) is 2.62. The molecule has 138 valence electrons. The second kappa shape index (κ2) is 8.41.